The van der Waals surface area contributed by atoms with Gasteiger partial charge in [0.1, 0.15) is 0 Å². The molecule has 0 aromatic heterocycles. The Labute approximate surface area is 130 Å². The predicted octanol–water partition coefficient (Wildman–Crippen LogP) is 3.06. The summed E-state index contributed by atoms with van der Waals surface area (Å²) in [7, 11) is 0. The van der Waals surface area contributed by atoms with Gasteiger partial charge in [0.2, 0.25) is 5.75 Å². The Morgan fingerprint density at radius 3 is 2.23 bits per heavy atom. The van der Waals surface area contributed by atoms with Gasteiger partial charge in [0, 0.05) is 12.3 Å². The van der Waals surface area contributed by atoms with E-state index >= 15 is 0 Å². The number of rotatable bonds is 7. The van der Waals surface area contributed by atoms with E-state index in [-0.39, 0.29) is 17.3 Å². The van der Waals surface area contributed by atoms with E-state index in [0.29, 0.717) is 18.7 Å². The zero-order valence-electron chi connectivity index (χ0n) is 13.2. The van der Waals surface area contributed by atoms with E-state index in [0.717, 1.165) is 19.3 Å². The number of nitrogen functional groups attached to an aromatic ring is 1. The second-order valence-corrected chi connectivity index (χ2v) is 4.46. The molecule has 0 aliphatic carbocycles. The van der Waals surface area contributed by atoms with E-state index < -0.39 is 6.09 Å². The van der Waals surface area contributed by atoms with Gasteiger partial charge in [0.05, 0.1) is 11.5 Å². The first-order chi connectivity index (χ1) is 10.5. The van der Waals surface area contributed by atoms with Crippen molar-refractivity contribution < 1.29 is 24.4 Å². The van der Waals surface area contributed by atoms with E-state index in [1.54, 1.807) is 12.1 Å². The zero-order chi connectivity index (χ0) is 16.8. The third kappa shape index (κ3) is 9.71. The minimum Gasteiger partial charge on any atom is -0.405 e. The molecule has 0 spiro atoms. The summed E-state index contributed by atoms with van der Waals surface area (Å²) in [5.41, 5.74) is 6.00. The molecule has 7 nitrogen and oxygen atoms in total. The van der Waals surface area contributed by atoms with Crippen LogP contribution in [-0.2, 0) is 4.74 Å². The van der Waals surface area contributed by atoms with Crippen LogP contribution in [-0.4, -0.2) is 29.3 Å². The highest BCUT2D eigenvalue weighted by Crippen LogP contribution is 2.13. The molecule has 0 bridgehead atoms. The van der Waals surface area contributed by atoms with Crippen LogP contribution in [0.15, 0.2) is 24.3 Å². The fraction of sp³-hybridized carbons (Fsp3) is 0.533. The molecule has 0 heterocycles. The lowest BCUT2D eigenvalue weighted by molar-refractivity contribution is -0.693. The predicted molar refractivity (Wildman–Crippen MR) is 83.4 cm³/mol. The SMILES string of the molecule is CCCCO.CCCCOC(=O)[N+](=O)Oc1ccc(N)cc1. The van der Waals surface area contributed by atoms with Crippen LogP contribution < -0.4 is 10.6 Å². The van der Waals surface area contributed by atoms with Gasteiger partial charge in [-0.2, -0.15) is 9.63 Å². The first-order valence-electron chi connectivity index (χ1n) is 7.33. The number of aliphatic hydroxyl groups is 1. The molecule has 0 saturated carbocycles. The summed E-state index contributed by atoms with van der Waals surface area (Å²) >= 11 is 0. The fourth-order valence-corrected chi connectivity index (χ4v) is 1.18. The van der Waals surface area contributed by atoms with E-state index in [1.165, 1.54) is 12.1 Å². The highest BCUT2D eigenvalue weighted by molar-refractivity contribution is 5.56. The van der Waals surface area contributed by atoms with E-state index in [2.05, 4.69) is 11.7 Å². The van der Waals surface area contributed by atoms with Crippen molar-refractivity contribution in [3.63, 3.8) is 0 Å². The molecular weight excluding hydrogens is 288 g/mol. The number of hydrogen-bond acceptors (Lipinski definition) is 6. The lowest BCUT2D eigenvalue weighted by Gasteiger charge is -1.96. The molecule has 0 atom stereocenters. The molecule has 0 radical (unpaired) electrons. The van der Waals surface area contributed by atoms with Gasteiger partial charge in [-0.3, -0.25) is 0 Å². The highest BCUT2D eigenvalue weighted by Gasteiger charge is 2.29. The van der Waals surface area contributed by atoms with Gasteiger partial charge in [-0.05, 0) is 37.1 Å². The summed E-state index contributed by atoms with van der Waals surface area (Å²) in [4.78, 5) is 26.8. The van der Waals surface area contributed by atoms with Crippen LogP contribution in [0.2, 0.25) is 0 Å². The molecule has 0 aliphatic rings. The summed E-state index contributed by atoms with van der Waals surface area (Å²) in [5, 5.41) is 8.07. The van der Waals surface area contributed by atoms with Crippen LogP contribution in [0.3, 0.4) is 0 Å². The summed E-state index contributed by atoms with van der Waals surface area (Å²) in [5.74, 6) is 0.224. The van der Waals surface area contributed by atoms with Crippen LogP contribution in [0, 0.1) is 4.91 Å². The molecule has 7 heteroatoms. The lowest BCUT2D eigenvalue weighted by Crippen LogP contribution is -2.23. The van der Waals surface area contributed by atoms with Gasteiger partial charge < -0.3 is 15.6 Å². The monoisotopic (exact) mass is 313 g/mol. The number of aliphatic hydroxyl groups excluding tert-OH is 1. The third-order valence-electron chi connectivity index (χ3n) is 2.45. The molecule has 22 heavy (non-hydrogen) atoms. The van der Waals surface area contributed by atoms with Crippen LogP contribution in [0.5, 0.6) is 5.75 Å². The number of benzene rings is 1. The number of unbranched alkanes of at least 4 members (excludes halogenated alkanes) is 2. The standard InChI is InChI=1S/C11H15N2O4.C4H10O/c1-2-3-8-16-11(14)13(15)17-10-6-4-9(12)5-7-10;1-2-3-4-5/h4-7H,2-3,8,12H2,1H3;5H,2-4H2,1H3/q+1;. The normalized spacial score (nSPS) is 9.41. The maximum Gasteiger partial charge on any atom is 0.699 e. The summed E-state index contributed by atoms with van der Waals surface area (Å²) in [6, 6.07) is 6.09. The van der Waals surface area contributed by atoms with Gasteiger partial charge in [0.15, 0.2) is 0 Å². The van der Waals surface area contributed by atoms with Gasteiger partial charge in [-0.1, -0.05) is 26.7 Å². The van der Waals surface area contributed by atoms with Crippen LogP contribution in [0.4, 0.5) is 10.5 Å². The molecule has 0 fully saturated rings. The molecular formula is C15H25N2O5+. The third-order valence-corrected chi connectivity index (χ3v) is 2.45. The molecule has 0 unspecified atom stereocenters. The van der Waals surface area contributed by atoms with Gasteiger partial charge >= 0.3 is 11.0 Å². The van der Waals surface area contributed by atoms with Crippen molar-refractivity contribution in [2.24, 2.45) is 0 Å². The summed E-state index contributed by atoms with van der Waals surface area (Å²) in [6.07, 6.45) is 2.57. The minimum atomic E-state index is -1.06. The number of nitrogens with two attached hydrogens (primary N) is 1. The van der Waals surface area contributed by atoms with Crippen molar-refractivity contribution >= 4 is 11.8 Å². The van der Waals surface area contributed by atoms with Crippen molar-refractivity contribution in [1.82, 2.24) is 0 Å². The summed E-state index contributed by atoms with van der Waals surface area (Å²) in [6.45, 7) is 4.56. The molecule has 1 amide bonds. The Morgan fingerprint density at radius 1 is 1.18 bits per heavy atom. The number of nitrogens with zero attached hydrogens (tertiary/aromatic N) is 1. The second-order valence-electron chi connectivity index (χ2n) is 4.46. The quantitative estimate of drug-likeness (QED) is 0.455. The number of amides is 1. The smallest absolute Gasteiger partial charge is 0.405 e. The zero-order valence-corrected chi connectivity index (χ0v) is 13.2. The van der Waals surface area contributed by atoms with E-state index in [9.17, 15) is 9.70 Å². The minimum absolute atomic E-state index is 0.193. The molecule has 0 saturated heterocycles. The number of carbonyl (C=O) groups excluding carboxylic acids is 1. The molecule has 1 rings (SSSR count). The van der Waals surface area contributed by atoms with Crippen molar-refractivity contribution in [3.8, 4) is 5.75 Å². The number of carbonyl (C=O) groups is 1. The Morgan fingerprint density at radius 2 is 1.77 bits per heavy atom. The van der Waals surface area contributed by atoms with Crippen molar-refractivity contribution in [3.05, 3.63) is 29.2 Å². The molecule has 1 aromatic rings. The van der Waals surface area contributed by atoms with Crippen LogP contribution in [0.1, 0.15) is 39.5 Å². The van der Waals surface area contributed by atoms with Crippen LogP contribution in [0.25, 0.3) is 0 Å². The van der Waals surface area contributed by atoms with E-state index in [1.807, 2.05) is 6.92 Å². The highest BCUT2D eigenvalue weighted by atomic mass is 16.8. The molecule has 0 aliphatic heterocycles. The van der Waals surface area contributed by atoms with Crippen molar-refractivity contribution in [1.29, 1.82) is 0 Å². The molecule has 124 valence electrons. The molecule has 1 aromatic carbocycles. The number of hydrogen-bond donors (Lipinski definition) is 2. The maximum atomic E-state index is 11.2. The number of ether oxygens (including phenoxy) is 1. The Hall–Kier alpha value is -2.15. The number of anilines is 1. The Balaban J connectivity index is 0.000000763. The van der Waals surface area contributed by atoms with Crippen LogP contribution >= 0.6 is 0 Å². The lowest BCUT2D eigenvalue weighted by atomic mass is 10.3. The maximum absolute atomic E-state index is 11.2. The first kappa shape index (κ1) is 19.9. The topological polar surface area (TPSA) is 102 Å². The largest absolute Gasteiger partial charge is 0.699 e. The van der Waals surface area contributed by atoms with Crippen molar-refractivity contribution in [2.45, 2.75) is 39.5 Å². The molecule has 3 N–H and O–H groups in total. The van der Waals surface area contributed by atoms with E-state index in [4.69, 9.17) is 15.7 Å². The van der Waals surface area contributed by atoms with Gasteiger partial charge in [0.25, 0.3) is 0 Å². The average Bonchev–Trinajstić information content (AvgIpc) is 2.51. The first-order valence-corrected chi connectivity index (χ1v) is 7.33. The average molecular weight is 313 g/mol. The fourth-order valence-electron chi connectivity index (χ4n) is 1.18. The van der Waals surface area contributed by atoms with Crippen molar-refractivity contribution in [2.75, 3.05) is 18.9 Å². The van der Waals surface area contributed by atoms with Gasteiger partial charge in [-0.25, -0.2) is 0 Å². The Bertz CT molecular complexity index is 432. The second kappa shape index (κ2) is 12.6. The Kier molecular flexibility index (Phi) is 11.4. The van der Waals surface area contributed by atoms with Gasteiger partial charge in [-0.15, -0.1) is 0 Å². The summed E-state index contributed by atoms with van der Waals surface area (Å²) < 4.78 is 4.66.